The van der Waals surface area contributed by atoms with Crippen molar-refractivity contribution in [1.82, 2.24) is 9.80 Å². The number of amides is 1. The van der Waals surface area contributed by atoms with Crippen LogP contribution in [0.15, 0.2) is 42.5 Å². The molecule has 0 unspecified atom stereocenters. The predicted octanol–water partition coefficient (Wildman–Crippen LogP) is 2.95. The van der Waals surface area contributed by atoms with E-state index in [-0.39, 0.29) is 5.91 Å². The highest BCUT2D eigenvalue weighted by atomic mass is 16.5. The summed E-state index contributed by atoms with van der Waals surface area (Å²) in [5.74, 6) is 1.73. The number of hydrogen-bond acceptors (Lipinski definition) is 5. The third-order valence-corrected chi connectivity index (χ3v) is 5.22. The molecule has 1 aliphatic heterocycles. The first-order chi connectivity index (χ1) is 14.0. The van der Waals surface area contributed by atoms with Gasteiger partial charge in [0.1, 0.15) is 18.1 Å². The third kappa shape index (κ3) is 6.48. The monoisotopic (exact) mass is 397 g/mol. The summed E-state index contributed by atoms with van der Waals surface area (Å²) in [6, 6.07) is 13.7. The molecule has 1 aliphatic rings. The molecule has 29 heavy (non-hydrogen) atoms. The van der Waals surface area contributed by atoms with Crippen LogP contribution in [0.3, 0.4) is 0 Å². The number of nitrogens with one attached hydrogen (secondary N) is 1. The number of benzene rings is 2. The van der Waals surface area contributed by atoms with Crippen LogP contribution in [-0.2, 0) is 4.79 Å². The number of carbonyl (C=O) groups excluding carboxylic acids is 1. The van der Waals surface area contributed by atoms with Crippen LogP contribution in [0.25, 0.3) is 0 Å². The number of nitrogens with zero attached hydrogens (tertiary/aromatic N) is 2. The first-order valence-corrected chi connectivity index (χ1v) is 10.1. The molecule has 1 N–H and O–H groups in total. The second-order valence-corrected chi connectivity index (χ2v) is 7.51. The Kier molecular flexibility index (Phi) is 7.49. The van der Waals surface area contributed by atoms with Gasteiger partial charge in [0, 0.05) is 38.4 Å². The van der Waals surface area contributed by atoms with Gasteiger partial charge in [-0.3, -0.25) is 14.6 Å². The molecule has 1 saturated heterocycles. The number of ether oxygens (including phenoxy) is 2. The predicted molar refractivity (Wildman–Crippen MR) is 116 cm³/mol. The summed E-state index contributed by atoms with van der Waals surface area (Å²) in [6.07, 6.45) is 0. The van der Waals surface area contributed by atoms with Crippen LogP contribution in [0, 0.1) is 13.8 Å². The second kappa shape index (κ2) is 10.3. The van der Waals surface area contributed by atoms with Crippen molar-refractivity contribution >= 4 is 11.6 Å². The van der Waals surface area contributed by atoms with E-state index >= 15 is 0 Å². The van der Waals surface area contributed by atoms with Gasteiger partial charge in [-0.25, -0.2) is 0 Å². The highest BCUT2D eigenvalue weighted by Gasteiger charge is 2.19. The van der Waals surface area contributed by atoms with E-state index in [1.165, 1.54) is 5.56 Å². The van der Waals surface area contributed by atoms with Gasteiger partial charge in [0.15, 0.2) is 0 Å². The fraction of sp³-hybridized carbons (Fsp3) is 0.435. The Morgan fingerprint density at radius 3 is 2.28 bits per heavy atom. The fourth-order valence-corrected chi connectivity index (χ4v) is 3.48. The molecule has 1 amide bonds. The molecular weight excluding hydrogens is 366 g/mol. The van der Waals surface area contributed by atoms with Crippen LogP contribution in [0.5, 0.6) is 11.5 Å². The molecule has 0 aromatic heterocycles. The summed E-state index contributed by atoms with van der Waals surface area (Å²) in [5, 5.41) is 3.03. The summed E-state index contributed by atoms with van der Waals surface area (Å²) in [6.45, 7) is 9.73. The maximum Gasteiger partial charge on any atom is 0.238 e. The van der Waals surface area contributed by atoms with E-state index in [1.54, 1.807) is 7.11 Å². The lowest BCUT2D eigenvalue weighted by Gasteiger charge is -2.34. The molecule has 2 aromatic rings. The van der Waals surface area contributed by atoms with E-state index < -0.39 is 0 Å². The van der Waals surface area contributed by atoms with Crippen LogP contribution < -0.4 is 14.8 Å². The number of hydrogen-bond donors (Lipinski definition) is 1. The molecule has 0 saturated carbocycles. The maximum atomic E-state index is 12.4. The molecule has 0 spiro atoms. The normalized spacial score (nSPS) is 15.1. The first kappa shape index (κ1) is 21.1. The van der Waals surface area contributed by atoms with Crippen LogP contribution in [0.1, 0.15) is 11.1 Å². The van der Waals surface area contributed by atoms with E-state index in [4.69, 9.17) is 9.47 Å². The molecule has 6 heteroatoms. The van der Waals surface area contributed by atoms with E-state index in [9.17, 15) is 4.79 Å². The van der Waals surface area contributed by atoms with Crippen LogP contribution in [-0.4, -0.2) is 68.7 Å². The van der Waals surface area contributed by atoms with Gasteiger partial charge >= 0.3 is 0 Å². The van der Waals surface area contributed by atoms with E-state index in [2.05, 4.69) is 28.1 Å². The lowest BCUT2D eigenvalue weighted by Crippen LogP contribution is -2.49. The van der Waals surface area contributed by atoms with Crippen molar-refractivity contribution in [3.63, 3.8) is 0 Å². The third-order valence-electron chi connectivity index (χ3n) is 5.22. The van der Waals surface area contributed by atoms with E-state index in [1.807, 2.05) is 43.3 Å². The molecule has 0 atom stereocenters. The second-order valence-electron chi connectivity index (χ2n) is 7.51. The lowest BCUT2D eigenvalue weighted by molar-refractivity contribution is -0.117. The summed E-state index contributed by atoms with van der Waals surface area (Å²) in [5.41, 5.74) is 3.20. The zero-order valence-electron chi connectivity index (χ0n) is 17.6. The van der Waals surface area contributed by atoms with Gasteiger partial charge in [-0.15, -0.1) is 0 Å². The maximum absolute atomic E-state index is 12.4. The number of rotatable bonds is 8. The van der Waals surface area contributed by atoms with Gasteiger partial charge in [0.25, 0.3) is 0 Å². The van der Waals surface area contributed by atoms with Gasteiger partial charge in [-0.05, 0) is 49.7 Å². The van der Waals surface area contributed by atoms with Gasteiger partial charge in [-0.2, -0.15) is 0 Å². The van der Waals surface area contributed by atoms with E-state index in [0.29, 0.717) is 13.2 Å². The van der Waals surface area contributed by atoms with Crippen molar-refractivity contribution in [3.8, 4) is 11.5 Å². The molecule has 2 aromatic carbocycles. The molecule has 1 fully saturated rings. The zero-order valence-corrected chi connectivity index (χ0v) is 17.6. The number of aryl methyl sites for hydroxylation is 2. The van der Waals surface area contributed by atoms with Crippen molar-refractivity contribution in [1.29, 1.82) is 0 Å². The Morgan fingerprint density at radius 1 is 0.966 bits per heavy atom. The highest BCUT2D eigenvalue weighted by Crippen LogP contribution is 2.17. The number of piperazine rings is 1. The topological polar surface area (TPSA) is 54.0 Å². The Morgan fingerprint density at radius 2 is 1.62 bits per heavy atom. The van der Waals surface area contributed by atoms with Crippen molar-refractivity contribution in [2.75, 3.05) is 58.3 Å². The summed E-state index contributed by atoms with van der Waals surface area (Å²) in [7, 11) is 1.66. The number of anilines is 1. The van der Waals surface area contributed by atoms with Crippen LogP contribution in [0.2, 0.25) is 0 Å². The number of methoxy groups -OCH3 is 1. The minimum Gasteiger partial charge on any atom is -0.497 e. The smallest absolute Gasteiger partial charge is 0.238 e. The summed E-state index contributed by atoms with van der Waals surface area (Å²) < 4.78 is 11.0. The van der Waals surface area contributed by atoms with Crippen molar-refractivity contribution in [2.24, 2.45) is 0 Å². The molecule has 156 valence electrons. The number of carbonyl (C=O) groups is 1. The molecule has 0 bridgehead atoms. The highest BCUT2D eigenvalue weighted by molar-refractivity contribution is 5.93. The van der Waals surface area contributed by atoms with Gasteiger partial charge in [0.2, 0.25) is 5.91 Å². The average Bonchev–Trinajstić information content (AvgIpc) is 2.72. The van der Waals surface area contributed by atoms with Gasteiger partial charge in [-0.1, -0.05) is 17.7 Å². The Labute approximate surface area is 173 Å². The lowest BCUT2D eigenvalue weighted by atomic mass is 10.1. The fourth-order valence-electron chi connectivity index (χ4n) is 3.48. The zero-order chi connectivity index (χ0) is 20.6. The largest absolute Gasteiger partial charge is 0.497 e. The Balaban J connectivity index is 1.34. The SMILES string of the molecule is COc1ccc(OCCN2CCN(CC(=O)Nc3ccc(C)cc3C)CC2)cc1. The first-order valence-electron chi connectivity index (χ1n) is 10.1. The Hall–Kier alpha value is -2.57. The molecule has 6 nitrogen and oxygen atoms in total. The Bertz CT molecular complexity index is 800. The average molecular weight is 398 g/mol. The molecule has 0 radical (unpaired) electrons. The quantitative estimate of drug-likeness (QED) is 0.742. The van der Waals surface area contributed by atoms with E-state index in [0.717, 1.165) is 55.5 Å². The molecular formula is C23H31N3O3. The minimum atomic E-state index is 0.0493. The summed E-state index contributed by atoms with van der Waals surface area (Å²) in [4.78, 5) is 17.0. The molecule has 1 heterocycles. The standard InChI is InChI=1S/C23H31N3O3/c1-18-4-9-22(19(2)16-18)24-23(27)17-26-12-10-25(11-13-26)14-15-29-21-7-5-20(28-3)6-8-21/h4-9,16H,10-15,17H2,1-3H3,(H,24,27). The van der Waals surface area contributed by atoms with Crippen LogP contribution >= 0.6 is 0 Å². The summed E-state index contributed by atoms with van der Waals surface area (Å²) >= 11 is 0. The van der Waals surface area contributed by atoms with Gasteiger partial charge < -0.3 is 14.8 Å². The van der Waals surface area contributed by atoms with Crippen molar-refractivity contribution in [3.05, 3.63) is 53.6 Å². The minimum absolute atomic E-state index is 0.0493. The van der Waals surface area contributed by atoms with Crippen LogP contribution in [0.4, 0.5) is 5.69 Å². The molecule has 3 rings (SSSR count). The van der Waals surface area contributed by atoms with Gasteiger partial charge in [0.05, 0.1) is 13.7 Å². The van der Waals surface area contributed by atoms with Crippen molar-refractivity contribution < 1.29 is 14.3 Å². The van der Waals surface area contributed by atoms with Crippen molar-refractivity contribution in [2.45, 2.75) is 13.8 Å². The molecule has 0 aliphatic carbocycles.